The zero-order valence-electron chi connectivity index (χ0n) is 18.5. The van der Waals surface area contributed by atoms with Gasteiger partial charge in [-0.3, -0.25) is 0 Å². The van der Waals surface area contributed by atoms with E-state index in [1.165, 1.54) is 6.07 Å². The third-order valence-electron chi connectivity index (χ3n) is 5.45. The van der Waals surface area contributed by atoms with E-state index in [1.807, 2.05) is 6.07 Å². The second-order valence-corrected chi connectivity index (χ2v) is 7.86. The molecule has 1 aliphatic rings. The van der Waals surface area contributed by atoms with E-state index in [-0.39, 0.29) is 5.69 Å². The van der Waals surface area contributed by atoms with Crippen molar-refractivity contribution in [3.63, 3.8) is 0 Å². The first-order chi connectivity index (χ1) is 15.7. The summed E-state index contributed by atoms with van der Waals surface area (Å²) in [7, 11) is 1.55. The molecule has 1 aromatic carbocycles. The summed E-state index contributed by atoms with van der Waals surface area (Å²) in [6, 6.07) is 4.90. The fraction of sp³-hybridized carbons (Fsp3) is 0.409. The first-order valence-electron chi connectivity index (χ1n) is 10.5. The van der Waals surface area contributed by atoms with Gasteiger partial charge in [0.15, 0.2) is 5.65 Å². The van der Waals surface area contributed by atoms with Crippen molar-refractivity contribution in [1.29, 1.82) is 0 Å². The number of nitrogens with zero attached hydrogens (tertiary/aromatic N) is 4. The van der Waals surface area contributed by atoms with Gasteiger partial charge in [0.05, 0.1) is 37.3 Å². The Morgan fingerprint density at radius 2 is 1.85 bits per heavy atom. The van der Waals surface area contributed by atoms with Crippen molar-refractivity contribution >= 4 is 28.2 Å². The Morgan fingerprint density at radius 3 is 2.52 bits per heavy atom. The molecule has 11 heteroatoms. The molecule has 0 amide bonds. The van der Waals surface area contributed by atoms with Crippen molar-refractivity contribution in [2.45, 2.75) is 26.1 Å². The van der Waals surface area contributed by atoms with E-state index in [9.17, 15) is 13.2 Å². The number of hydrogen-bond acceptors (Lipinski definition) is 8. The number of nitrogens with two attached hydrogens (primary N) is 1. The molecule has 176 valence electrons. The zero-order chi connectivity index (χ0) is 23.8. The van der Waals surface area contributed by atoms with Crippen LogP contribution in [0.2, 0.25) is 0 Å². The van der Waals surface area contributed by atoms with E-state index >= 15 is 0 Å². The minimum absolute atomic E-state index is 0.0400. The van der Waals surface area contributed by atoms with Crippen molar-refractivity contribution in [1.82, 2.24) is 15.0 Å². The second kappa shape index (κ2) is 8.89. The standard InChI is InChI=1S/C22H25F3N6O2/c1-12(14-8-15(22(23,24)25)10-16(26)9-14)27-19-17-11-18(31-4-6-33-7-5-31)21(32-3)30-20(17)29-13(2)28-19/h8-12H,4-7,26H2,1-3H3,(H,27,28,29,30)/t12-/m1/s1. The maximum atomic E-state index is 13.3. The summed E-state index contributed by atoms with van der Waals surface area (Å²) in [5, 5.41) is 3.85. The van der Waals surface area contributed by atoms with Crippen LogP contribution in [0, 0.1) is 6.92 Å². The molecule has 1 atom stereocenters. The van der Waals surface area contributed by atoms with E-state index in [0.29, 0.717) is 60.4 Å². The number of hydrogen-bond donors (Lipinski definition) is 2. The van der Waals surface area contributed by atoms with Gasteiger partial charge in [0.2, 0.25) is 5.88 Å². The van der Waals surface area contributed by atoms with E-state index in [4.69, 9.17) is 15.2 Å². The molecule has 3 aromatic rings. The van der Waals surface area contributed by atoms with Gasteiger partial charge in [-0.25, -0.2) is 9.97 Å². The minimum atomic E-state index is -4.49. The SMILES string of the molecule is COc1nc2nc(C)nc(N[C@H](C)c3cc(N)cc(C(F)(F)F)c3)c2cc1N1CCOCC1. The van der Waals surface area contributed by atoms with Gasteiger partial charge in [0.1, 0.15) is 17.3 Å². The Morgan fingerprint density at radius 1 is 1.12 bits per heavy atom. The Balaban J connectivity index is 1.75. The van der Waals surface area contributed by atoms with Crippen LogP contribution in [0.15, 0.2) is 24.3 Å². The molecular formula is C22H25F3N6O2. The van der Waals surface area contributed by atoms with Gasteiger partial charge < -0.3 is 25.4 Å². The summed E-state index contributed by atoms with van der Waals surface area (Å²) in [6.07, 6.45) is -4.49. The van der Waals surface area contributed by atoms with Crippen molar-refractivity contribution in [3.05, 3.63) is 41.2 Å². The number of nitrogen functional groups attached to an aromatic ring is 1. The van der Waals surface area contributed by atoms with Gasteiger partial charge in [-0.15, -0.1) is 0 Å². The summed E-state index contributed by atoms with van der Waals surface area (Å²) in [5.41, 5.74) is 6.58. The van der Waals surface area contributed by atoms with Gasteiger partial charge in [-0.05, 0) is 43.7 Å². The molecule has 4 rings (SSSR count). The number of pyridine rings is 1. The number of aromatic nitrogens is 3. The predicted molar refractivity (Wildman–Crippen MR) is 120 cm³/mol. The monoisotopic (exact) mass is 462 g/mol. The number of benzene rings is 1. The van der Waals surface area contributed by atoms with Gasteiger partial charge in [0.25, 0.3) is 0 Å². The molecule has 0 radical (unpaired) electrons. The molecule has 0 aliphatic carbocycles. The van der Waals surface area contributed by atoms with Crippen LogP contribution in [0.4, 0.5) is 30.4 Å². The molecular weight excluding hydrogens is 437 g/mol. The van der Waals surface area contributed by atoms with Crippen molar-refractivity contribution in [3.8, 4) is 5.88 Å². The van der Waals surface area contributed by atoms with Gasteiger partial charge >= 0.3 is 6.18 Å². The Hall–Kier alpha value is -3.34. The molecule has 0 bridgehead atoms. The molecule has 33 heavy (non-hydrogen) atoms. The van der Waals surface area contributed by atoms with Crippen LogP contribution < -0.4 is 20.7 Å². The van der Waals surface area contributed by atoms with E-state index in [0.717, 1.165) is 17.8 Å². The fourth-order valence-corrected chi connectivity index (χ4v) is 3.81. The summed E-state index contributed by atoms with van der Waals surface area (Å²) in [4.78, 5) is 15.6. The van der Waals surface area contributed by atoms with Crippen LogP contribution in [0.5, 0.6) is 5.88 Å². The quantitative estimate of drug-likeness (QED) is 0.550. The average Bonchev–Trinajstić information content (AvgIpc) is 2.77. The first kappa shape index (κ1) is 22.8. The maximum Gasteiger partial charge on any atom is 0.416 e. The highest BCUT2D eigenvalue weighted by molar-refractivity contribution is 5.90. The third-order valence-corrected chi connectivity index (χ3v) is 5.45. The lowest BCUT2D eigenvalue weighted by Crippen LogP contribution is -2.36. The molecule has 1 saturated heterocycles. The number of ether oxygens (including phenoxy) is 2. The van der Waals surface area contributed by atoms with Crippen LogP contribution in [0.25, 0.3) is 11.0 Å². The predicted octanol–water partition coefficient (Wildman–Crippen LogP) is 3.95. The van der Waals surface area contributed by atoms with Gasteiger partial charge in [-0.1, -0.05) is 0 Å². The molecule has 1 fully saturated rings. The third kappa shape index (κ3) is 4.87. The van der Waals surface area contributed by atoms with Crippen LogP contribution in [0.3, 0.4) is 0 Å². The lowest BCUT2D eigenvalue weighted by molar-refractivity contribution is -0.137. The summed E-state index contributed by atoms with van der Waals surface area (Å²) in [5.74, 6) is 1.37. The molecule has 1 aliphatic heterocycles. The van der Waals surface area contributed by atoms with E-state index in [1.54, 1.807) is 21.0 Å². The largest absolute Gasteiger partial charge is 0.479 e. The highest BCUT2D eigenvalue weighted by Crippen LogP contribution is 2.36. The van der Waals surface area contributed by atoms with Crippen molar-refractivity contribution < 1.29 is 22.6 Å². The number of morpholine rings is 1. The van der Waals surface area contributed by atoms with E-state index < -0.39 is 17.8 Å². The number of methoxy groups -OCH3 is 1. The first-order valence-corrected chi connectivity index (χ1v) is 10.5. The highest BCUT2D eigenvalue weighted by Gasteiger charge is 2.31. The summed E-state index contributed by atoms with van der Waals surface area (Å²) < 4.78 is 50.7. The number of anilines is 3. The topological polar surface area (TPSA) is 98.4 Å². The lowest BCUT2D eigenvalue weighted by atomic mass is 10.0. The lowest BCUT2D eigenvalue weighted by Gasteiger charge is -2.29. The molecule has 0 unspecified atom stereocenters. The molecule has 0 saturated carbocycles. The molecule has 3 heterocycles. The zero-order valence-corrected chi connectivity index (χ0v) is 18.5. The van der Waals surface area contributed by atoms with Gasteiger partial charge in [0, 0.05) is 18.8 Å². The Bertz CT molecular complexity index is 1170. The number of rotatable bonds is 5. The normalized spacial score (nSPS) is 15.5. The maximum absolute atomic E-state index is 13.3. The Labute approximate surface area is 188 Å². The molecule has 0 spiro atoms. The van der Waals surface area contributed by atoms with Crippen LogP contribution in [-0.4, -0.2) is 48.4 Å². The van der Waals surface area contributed by atoms with E-state index in [2.05, 4.69) is 25.2 Å². The highest BCUT2D eigenvalue weighted by atomic mass is 19.4. The summed E-state index contributed by atoms with van der Waals surface area (Å²) in [6.45, 7) is 6.01. The smallest absolute Gasteiger partial charge is 0.416 e. The fourth-order valence-electron chi connectivity index (χ4n) is 3.81. The number of aryl methyl sites for hydroxylation is 1. The minimum Gasteiger partial charge on any atom is -0.479 e. The van der Waals surface area contributed by atoms with Crippen LogP contribution in [-0.2, 0) is 10.9 Å². The number of alkyl halides is 3. The van der Waals surface area contributed by atoms with Gasteiger partial charge in [-0.2, -0.15) is 18.2 Å². The molecule has 2 aromatic heterocycles. The van der Waals surface area contributed by atoms with Crippen LogP contribution >= 0.6 is 0 Å². The number of nitrogens with one attached hydrogen (secondary N) is 1. The molecule has 3 N–H and O–H groups in total. The second-order valence-electron chi connectivity index (χ2n) is 7.86. The van der Waals surface area contributed by atoms with Crippen molar-refractivity contribution in [2.75, 3.05) is 49.4 Å². The van der Waals surface area contributed by atoms with Crippen LogP contribution in [0.1, 0.15) is 29.9 Å². The Kier molecular flexibility index (Phi) is 6.15. The number of halogens is 3. The number of fused-ring (bicyclic) bond motifs is 1. The van der Waals surface area contributed by atoms with Crippen molar-refractivity contribution in [2.24, 2.45) is 0 Å². The summed E-state index contributed by atoms with van der Waals surface area (Å²) >= 11 is 0. The average molecular weight is 462 g/mol. The molecule has 8 nitrogen and oxygen atoms in total.